The number of likely N-dealkylation sites (N-methyl/N-ethyl adjacent to an activating group) is 1. The van der Waals surface area contributed by atoms with E-state index in [-0.39, 0.29) is 12.0 Å². The maximum atomic E-state index is 6.11. The minimum absolute atomic E-state index is 0.106. The van der Waals surface area contributed by atoms with Gasteiger partial charge >= 0.3 is 0 Å². The number of hydrogen-bond acceptors (Lipinski definition) is 2. The highest BCUT2D eigenvalue weighted by molar-refractivity contribution is 7.17. The molecule has 1 nitrogen and oxygen atoms in total. The zero-order chi connectivity index (χ0) is 12.4. The van der Waals surface area contributed by atoms with Gasteiger partial charge in [0.15, 0.2) is 0 Å². The van der Waals surface area contributed by atoms with Crippen LogP contribution in [0.3, 0.4) is 0 Å². The van der Waals surface area contributed by atoms with Crippen LogP contribution < -0.4 is 5.32 Å². The molecule has 4 heteroatoms. The number of benzene rings is 1. The van der Waals surface area contributed by atoms with Gasteiger partial charge in [-0.3, -0.25) is 0 Å². The summed E-state index contributed by atoms with van der Waals surface area (Å²) in [5, 5.41) is 6.60. The van der Waals surface area contributed by atoms with Crippen molar-refractivity contribution in [2.45, 2.75) is 23.7 Å². The Balaban J connectivity index is 2.40. The largest absolute Gasteiger partial charge is 0.317 e. The average molecular weight is 288 g/mol. The molecule has 0 aliphatic rings. The minimum Gasteiger partial charge on any atom is -0.317 e. The van der Waals surface area contributed by atoms with Crippen LogP contribution in [0.1, 0.15) is 18.4 Å². The lowest BCUT2D eigenvalue weighted by molar-refractivity contribution is 0.515. The van der Waals surface area contributed by atoms with Crippen LogP contribution in [-0.4, -0.2) is 17.9 Å². The monoisotopic (exact) mass is 287 g/mol. The Morgan fingerprint density at radius 1 is 1.24 bits per heavy atom. The first-order valence-corrected chi connectivity index (χ1v) is 7.31. The Hall–Kier alpha value is -0.280. The van der Waals surface area contributed by atoms with Gasteiger partial charge in [-0.05, 0) is 42.4 Å². The molecule has 17 heavy (non-hydrogen) atoms. The summed E-state index contributed by atoms with van der Waals surface area (Å²) in [6, 6.07) is 8.81. The third-order valence-electron chi connectivity index (χ3n) is 3.13. The summed E-state index contributed by atoms with van der Waals surface area (Å²) in [4.78, 5) is -0.408. The van der Waals surface area contributed by atoms with Gasteiger partial charge in [0.1, 0.15) is 4.84 Å². The molecule has 0 saturated carbocycles. The number of rotatable bonds is 4. The molecule has 1 aromatic carbocycles. The van der Waals surface area contributed by atoms with Crippen LogP contribution in [0.2, 0.25) is 0 Å². The Morgan fingerprint density at radius 3 is 2.65 bits per heavy atom. The Bertz CT molecular complexity index is 495. The van der Waals surface area contributed by atoms with E-state index in [9.17, 15) is 0 Å². The molecule has 0 bridgehead atoms. The van der Waals surface area contributed by atoms with E-state index in [4.69, 9.17) is 23.2 Å². The normalized spacial score (nSPS) is 15.4. The second-order valence-corrected chi connectivity index (χ2v) is 6.27. The van der Waals surface area contributed by atoms with E-state index >= 15 is 0 Å². The molecule has 1 aromatic heterocycles. The van der Waals surface area contributed by atoms with Crippen molar-refractivity contribution in [1.82, 2.24) is 5.32 Å². The van der Waals surface area contributed by atoms with Gasteiger partial charge in [0.2, 0.25) is 0 Å². The Morgan fingerprint density at radius 2 is 2.00 bits per heavy atom. The summed E-state index contributed by atoms with van der Waals surface area (Å²) in [5.74, 6) is 0.106. The van der Waals surface area contributed by atoms with Gasteiger partial charge < -0.3 is 5.32 Å². The highest BCUT2D eigenvalue weighted by Gasteiger charge is 2.24. The number of thiophene rings is 1. The van der Waals surface area contributed by atoms with Gasteiger partial charge in [-0.2, -0.15) is 0 Å². The lowest BCUT2D eigenvalue weighted by Gasteiger charge is -2.25. The van der Waals surface area contributed by atoms with Crippen molar-refractivity contribution in [3.8, 4) is 0 Å². The van der Waals surface area contributed by atoms with E-state index in [2.05, 4.69) is 41.9 Å². The van der Waals surface area contributed by atoms with Crippen LogP contribution in [0.5, 0.6) is 0 Å². The summed E-state index contributed by atoms with van der Waals surface area (Å²) in [5.41, 5.74) is 1.19. The molecular weight excluding hydrogens is 273 g/mol. The molecule has 0 aliphatic carbocycles. The first-order chi connectivity index (χ1) is 8.13. The van der Waals surface area contributed by atoms with Crippen LogP contribution in [0.25, 0.3) is 10.1 Å². The second-order valence-electron chi connectivity index (χ2n) is 4.16. The topological polar surface area (TPSA) is 12.0 Å². The predicted molar refractivity (Wildman–Crippen MR) is 78.6 cm³/mol. The van der Waals surface area contributed by atoms with Crippen LogP contribution >= 0.6 is 34.5 Å². The fourth-order valence-corrected chi connectivity index (χ4v) is 3.58. The first kappa shape index (κ1) is 13.2. The van der Waals surface area contributed by atoms with Crippen LogP contribution in [-0.2, 0) is 0 Å². The zero-order valence-electron chi connectivity index (χ0n) is 9.78. The highest BCUT2D eigenvalue weighted by Crippen LogP contribution is 2.33. The standard InChI is InChI=1S/C13H15Cl2NS/c1-8(16-2)12(13(14)15)10-4-3-9-5-6-17-11(9)7-10/h3-8,12-13,16H,1-2H3. The molecule has 2 unspecified atom stereocenters. The molecule has 0 aliphatic heterocycles. The van der Waals surface area contributed by atoms with Gasteiger partial charge in [0.05, 0.1) is 0 Å². The van der Waals surface area contributed by atoms with Crippen molar-refractivity contribution in [2.24, 2.45) is 0 Å². The van der Waals surface area contributed by atoms with Crippen molar-refractivity contribution in [1.29, 1.82) is 0 Å². The van der Waals surface area contributed by atoms with Crippen LogP contribution in [0.15, 0.2) is 29.6 Å². The van der Waals surface area contributed by atoms with Gasteiger partial charge in [-0.15, -0.1) is 34.5 Å². The van der Waals surface area contributed by atoms with Crippen LogP contribution in [0.4, 0.5) is 0 Å². The van der Waals surface area contributed by atoms with Crippen molar-refractivity contribution in [3.63, 3.8) is 0 Å². The van der Waals surface area contributed by atoms with E-state index in [1.165, 1.54) is 15.6 Å². The van der Waals surface area contributed by atoms with E-state index < -0.39 is 4.84 Å². The quantitative estimate of drug-likeness (QED) is 0.822. The molecule has 0 amide bonds. The molecule has 0 saturated heterocycles. The van der Waals surface area contributed by atoms with Gasteiger partial charge in [-0.25, -0.2) is 0 Å². The SMILES string of the molecule is CNC(C)C(c1ccc2ccsc2c1)C(Cl)Cl. The molecule has 1 N–H and O–H groups in total. The van der Waals surface area contributed by atoms with Crippen molar-refractivity contribution in [2.75, 3.05) is 7.05 Å². The lowest BCUT2D eigenvalue weighted by Crippen LogP contribution is -2.32. The summed E-state index contributed by atoms with van der Waals surface area (Å²) in [6.07, 6.45) is 0. The van der Waals surface area contributed by atoms with E-state index in [0.717, 1.165) is 0 Å². The van der Waals surface area contributed by atoms with Gasteiger partial charge in [0, 0.05) is 16.7 Å². The molecule has 1 heterocycles. The molecule has 2 atom stereocenters. The molecule has 2 aromatic rings. The number of fused-ring (bicyclic) bond motifs is 1. The molecule has 2 rings (SSSR count). The fraction of sp³-hybridized carbons (Fsp3) is 0.385. The summed E-state index contributed by atoms with van der Waals surface area (Å²) >= 11 is 14.0. The summed E-state index contributed by atoms with van der Waals surface area (Å²) in [6.45, 7) is 2.10. The first-order valence-electron chi connectivity index (χ1n) is 5.56. The third kappa shape index (κ3) is 2.76. The van der Waals surface area contributed by atoms with Crippen molar-refractivity contribution >= 4 is 44.6 Å². The molecule has 92 valence electrons. The van der Waals surface area contributed by atoms with Gasteiger partial charge in [-0.1, -0.05) is 12.1 Å². The average Bonchev–Trinajstić information content (AvgIpc) is 2.75. The molecule has 0 radical (unpaired) electrons. The van der Waals surface area contributed by atoms with Crippen molar-refractivity contribution < 1.29 is 0 Å². The third-order valence-corrected chi connectivity index (χ3v) is 4.55. The summed E-state index contributed by atoms with van der Waals surface area (Å²) < 4.78 is 1.28. The van der Waals surface area contributed by atoms with Crippen molar-refractivity contribution in [3.05, 3.63) is 35.2 Å². The van der Waals surface area contributed by atoms with Gasteiger partial charge in [0.25, 0.3) is 0 Å². The second kappa shape index (κ2) is 5.57. The maximum Gasteiger partial charge on any atom is 0.116 e. The molecule has 0 fully saturated rings. The number of halogens is 2. The molecule has 0 spiro atoms. The van der Waals surface area contributed by atoms with E-state index in [1.807, 2.05) is 7.05 Å². The highest BCUT2D eigenvalue weighted by atomic mass is 35.5. The van der Waals surface area contributed by atoms with Crippen LogP contribution in [0, 0.1) is 0 Å². The minimum atomic E-state index is -0.408. The number of hydrogen-bond donors (Lipinski definition) is 1. The Kier molecular flexibility index (Phi) is 4.31. The predicted octanol–water partition coefficient (Wildman–Crippen LogP) is 4.40. The van der Waals surface area contributed by atoms with E-state index in [0.29, 0.717) is 0 Å². The zero-order valence-corrected chi connectivity index (χ0v) is 12.1. The molecular formula is C13H15Cl2NS. The smallest absolute Gasteiger partial charge is 0.116 e. The lowest BCUT2D eigenvalue weighted by atomic mass is 9.93. The Labute approximate surface area is 116 Å². The summed E-state index contributed by atoms with van der Waals surface area (Å²) in [7, 11) is 1.93. The number of nitrogens with one attached hydrogen (secondary N) is 1. The van der Waals surface area contributed by atoms with E-state index in [1.54, 1.807) is 11.3 Å². The number of alkyl halides is 2. The maximum absolute atomic E-state index is 6.11. The fourth-order valence-electron chi connectivity index (χ4n) is 2.01.